The standard InChI is InChI=1S/C29H44N4O4/c1-9-37-27(35)25-23(18-32-14-15-33(20(4)17-32)24(34)16-19(2)3)31(8)28(36)30-26(25)21-10-12-22(13-11-21)29(5,6)7/h10-13,19-20,26H,9,14-18H2,1-8H3,(H,30,36). The monoisotopic (exact) mass is 512 g/mol. The van der Waals surface area contributed by atoms with Crippen molar-refractivity contribution in [1.29, 1.82) is 0 Å². The minimum Gasteiger partial charge on any atom is -0.463 e. The van der Waals surface area contributed by atoms with Crippen LogP contribution in [0.5, 0.6) is 0 Å². The second-order valence-electron chi connectivity index (χ2n) is 11.7. The molecule has 0 radical (unpaired) electrons. The summed E-state index contributed by atoms with van der Waals surface area (Å²) in [4.78, 5) is 44.7. The summed E-state index contributed by atoms with van der Waals surface area (Å²) < 4.78 is 5.47. The highest BCUT2D eigenvalue weighted by Crippen LogP contribution is 2.33. The zero-order valence-electron chi connectivity index (χ0n) is 23.8. The Morgan fingerprint density at radius 1 is 1.14 bits per heavy atom. The average molecular weight is 513 g/mol. The number of piperazine rings is 1. The lowest BCUT2D eigenvalue weighted by atomic mass is 9.85. The molecule has 8 heteroatoms. The molecular weight excluding hydrogens is 468 g/mol. The van der Waals surface area contributed by atoms with Crippen molar-refractivity contribution in [2.45, 2.75) is 72.4 Å². The Morgan fingerprint density at radius 3 is 2.32 bits per heavy atom. The number of carbonyl (C=O) groups excluding carboxylic acids is 3. The second kappa shape index (κ2) is 11.7. The number of carbonyl (C=O) groups is 3. The van der Waals surface area contributed by atoms with Crippen LogP contribution in [-0.2, 0) is 19.7 Å². The predicted molar refractivity (Wildman–Crippen MR) is 145 cm³/mol. The number of nitrogens with one attached hydrogen (secondary N) is 1. The van der Waals surface area contributed by atoms with E-state index in [1.165, 1.54) is 10.5 Å². The topological polar surface area (TPSA) is 82.2 Å². The quantitative estimate of drug-likeness (QED) is 0.557. The molecule has 2 aliphatic heterocycles. The molecule has 0 aliphatic carbocycles. The molecule has 1 aromatic rings. The van der Waals surface area contributed by atoms with Crippen LogP contribution in [0, 0.1) is 5.92 Å². The van der Waals surface area contributed by atoms with E-state index in [2.05, 4.69) is 63.9 Å². The van der Waals surface area contributed by atoms with Crippen molar-refractivity contribution in [3.63, 3.8) is 0 Å². The summed E-state index contributed by atoms with van der Waals surface area (Å²) in [6, 6.07) is 7.26. The van der Waals surface area contributed by atoms with Gasteiger partial charge in [0.15, 0.2) is 0 Å². The summed E-state index contributed by atoms with van der Waals surface area (Å²) >= 11 is 0. The first-order valence-electron chi connectivity index (χ1n) is 13.4. The third-order valence-corrected chi connectivity index (χ3v) is 7.17. The molecule has 0 aromatic heterocycles. The van der Waals surface area contributed by atoms with E-state index in [-0.39, 0.29) is 30.0 Å². The van der Waals surface area contributed by atoms with Crippen LogP contribution in [0.4, 0.5) is 4.79 Å². The molecule has 0 bridgehead atoms. The Kier molecular flexibility index (Phi) is 9.05. The van der Waals surface area contributed by atoms with Gasteiger partial charge in [0, 0.05) is 51.4 Å². The van der Waals surface area contributed by atoms with E-state index in [0.29, 0.717) is 49.8 Å². The molecule has 1 aromatic carbocycles. The number of esters is 1. The zero-order chi connectivity index (χ0) is 27.5. The summed E-state index contributed by atoms with van der Waals surface area (Å²) in [5.41, 5.74) is 3.11. The fourth-order valence-electron chi connectivity index (χ4n) is 5.05. The molecule has 3 amide bonds. The smallest absolute Gasteiger partial charge is 0.338 e. The molecule has 1 N–H and O–H groups in total. The van der Waals surface area contributed by atoms with E-state index in [1.807, 2.05) is 17.0 Å². The third kappa shape index (κ3) is 6.72. The SMILES string of the molecule is CCOC(=O)C1=C(CN2CCN(C(=O)CC(C)C)C(C)C2)N(C)C(=O)NC1c1ccc(C(C)(C)C)cc1. The minimum absolute atomic E-state index is 0.00504. The van der Waals surface area contributed by atoms with Crippen LogP contribution in [0.15, 0.2) is 35.5 Å². The van der Waals surface area contributed by atoms with Gasteiger partial charge >= 0.3 is 12.0 Å². The van der Waals surface area contributed by atoms with Crippen molar-refractivity contribution >= 4 is 17.9 Å². The van der Waals surface area contributed by atoms with E-state index in [4.69, 9.17) is 4.74 Å². The molecule has 37 heavy (non-hydrogen) atoms. The second-order valence-corrected chi connectivity index (χ2v) is 11.7. The number of benzene rings is 1. The maximum atomic E-state index is 13.3. The predicted octanol–water partition coefficient (Wildman–Crippen LogP) is 4.08. The van der Waals surface area contributed by atoms with Crippen molar-refractivity contribution in [3.05, 3.63) is 46.7 Å². The Labute approximate surface area is 222 Å². The van der Waals surface area contributed by atoms with Gasteiger partial charge in [0.25, 0.3) is 0 Å². The number of hydrogen-bond acceptors (Lipinski definition) is 5. The van der Waals surface area contributed by atoms with Gasteiger partial charge in [0.2, 0.25) is 5.91 Å². The molecule has 3 rings (SSSR count). The Bertz CT molecular complexity index is 1030. The van der Waals surface area contributed by atoms with E-state index in [9.17, 15) is 14.4 Å². The van der Waals surface area contributed by atoms with Gasteiger partial charge in [-0.3, -0.25) is 14.6 Å². The molecule has 1 saturated heterocycles. The highest BCUT2D eigenvalue weighted by atomic mass is 16.5. The number of amides is 3. The maximum Gasteiger partial charge on any atom is 0.338 e. The molecule has 2 atom stereocenters. The number of rotatable bonds is 7. The fraction of sp³-hybridized carbons (Fsp3) is 0.621. The summed E-state index contributed by atoms with van der Waals surface area (Å²) in [6.45, 7) is 17.0. The van der Waals surface area contributed by atoms with Gasteiger partial charge in [0.1, 0.15) is 0 Å². The lowest BCUT2D eigenvalue weighted by Gasteiger charge is -2.42. The number of urea groups is 1. The first kappa shape index (κ1) is 28.7. The van der Waals surface area contributed by atoms with Gasteiger partial charge in [-0.1, -0.05) is 58.9 Å². The van der Waals surface area contributed by atoms with E-state index in [1.54, 1.807) is 14.0 Å². The molecular formula is C29H44N4O4. The fourth-order valence-corrected chi connectivity index (χ4v) is 5.05. The Morgan fingerprint density at radius 2 is 1.78 bits per heavy atom. The van der Waals surface area contributed by atoms with Crippen molar-refractivity contribution in [2.24, 2.45) is 5.92 Å². The number of hydrogen-bond donors (Lipinski definition) is 1. The van der Waals surface area contributed by atoms with Crippen LogP contribution in [-0.4, -0.2) is 78.5 Å². The first-order valence-corrected chi connectivity index (χ1v) is 13.4. The van der Waals surface area contributed by atoms with Gasteiger partial charge in [-0.25, -0.2) is 9.59 Å². The molecule has 2 unspecified atom stereocenters. The van der Waals surface area contributed by atoms with Crippen LogP contribution in [0.1, 0.15) is 72.1 Å². The number of ether oxygens (including phenoxy) is 1. The lowest BCUT2D eigenvalue weighted by Crippen LogP contribution is -2.56. The molecule has 204 valence electrons. The first-order chi connectivity index (χ1) is 17.3. The average Bonchev–Trinajstić information content (AvgIpc) is 2.81. The normalized spacial score (nSPS) is 21.4. The van der Waals surface area contributed by atoms with Crippen LogP contribution >= 0.6 is 0 Å². The Hall–Kier alpha value is -2.87. The van der Waals surface area contributed by atoms with Crippen molar-refractivity contribution < 1.29 is 19.1 Å². The van der Waals surface area contributed by atoms with Gasteiger partial charge in [-0.15, -0.1) is 0 Å². The van der Waals surface area contributed by atoms with Crippen molar-refractivity contribution in [3.8, 4) is 0 Å². The van der Waals surface area contributed by atoms with Crippen LogP contribution < -0.4 is 5.32 Å². The molecule has 1 fully saturated rings. The third-order valence-electron chi connectivity index (χ3n) is 7.17. The number of nitrogens with zero attached hydrogens (tertiary/aromatic N) is 3. The highest BCUT2D eigenvalue weighted by Gasteiger charge is 2.38. The maximum absolute atomic E-state index is 13.3. The van der Waals surface area contributed by atoms with Gasteiger partial charge in [-0.2, -0.15) is 0 Å². The van der Waals surface area contributed by atoms with Crippen LogP contribution in [0.3, 0.4) is 0 Å². The number of likely N-dealkylation sites (N-methyl/N-ethyl adjacent to an activating group) is 1. The largest absolute Gasteiger partial charge is 0.463 e. The summed E-state index contributed by atoms with van der Waals surface area (Å²) in [5.74, 6) is 0.0772. The van der Waals surface area contributed by atoms with E-state index >= 15 is 0 Å². The molecule has 2 heterocycles. The molecule has 2 aliphatic rings. The Balaban J connectivity index is 1.92. The summed E-state index contributed by atoms with van der Waals surface area (Å²) in [5, 5.41) is 3.00. The van der Waals surface area contributed by atoms with Gasteiger partial charge in [-0.05, 0) is 36.3 Å². The van der Waals surface area contributed by atoms with E-state index in [0.717, 1.165) is 5.56 Å². The minimum atomic E-state index is -0.599. The summed E-state index contributed by atoms with van der Waals surface area (Å²) in [7, 11) is 1.69. The van der Waals surface area contributed by atoms with Gasteiger partial charge < -0.3 is 15.0 Å². The van der Waals surface area contributed by atoms with E-state index < -0.39 is 12.0 Å². The zero-order valence-corrected chi connectivity index (χ0v) is 23.8. The van der Waals surface area contributed by atoms with Crippen LogP contribution in [0.2, 0.25) is 0 Å². The molecule has 8 nitrogen and oxygen atoms in total. The van der Waals surface area contributed by atoms with Crippen LogP contribution in [0.25, 0.3) is 0 Å². The summed E-state index contributed by atoms with van der Waals surface area (Å²) in [6.07, 6.45) is 0.543. The van der Waals surface area contributed by atoms with Crippen molar-refractivity contribution in [2.75, 3.05) is 39.8 Å². The van der Waals surface area contributed by atoms with Crippen molar-refractivity contribution in [1.82, 2.24) is 20.0 Å². The van der Waals surface area contributed by atoms with Gasteiger partial charge in [0.05, 0.1) is 18.2 Å². The lowest BCUT2D eigenvalue weighted by molar-refractivity contribution is -0.139. The molecule has 0 saturated carbocycles. The highest BCUT2D eigenvalue weighted by molar-refractivity contribution is 5.95. The molecule has 0 spiro atoms.